The maximum atomic E-state index is 4.44. The molecule has 2 N–H and O–H groups in total. The van der Waals surface area contributed by atoms with Gasteiger partial charge in [-0.1, -0.05) is 42.0 Å². The van der Waals surface area contributed by atoms with E-state index >= 15 is 0 Å². The Bertz CT molecular complexity index is 953. The molecule has 0 fully saturated rings. The predicted molar refractivity (Wildman–Crippen MR) is 93.4 cm³/mol. The maximum absolute atomic E-state index is 4.44. The zero-order valence-electron chi connectivity index (χ0n) is 13.3. The molecule has 0 amide bonds. The smallest absolute Gasteiger partial charge is 0.180 e. The van der Waals surface area contributed by atoms with Crippen LogP contribution in [0.5, 0.6) is 0 Å². The molecule has 0 bridgehead atoms. The number of rotatable bonds is 4. The van der Waals surface area contributed by atoms with Gasteiger partial charge in [0.1, 0.15) is 6.33 Å². The molecular formula is C19H17N5. The van der Waals surface area contributed by atoms with Crippen molar-refractivity contribution in [2.45, 2.75) is 13.3 Å². The Morgan fingerprint density at radius 3 is 2.62 bits per heavy atom. The molecule has 0 unspecified atom stereocenters. The first-order valence-electron chi connectivity index (χ1n) is 7.84. The van der Waals surface area contributed by atoms with Gasteiger partial charge in [-0.05, 0) is 30.7 Å². The lowest BCUT2D eigenvalue weighted by molar-refractivity contribution is 0.998. The third kappa shape index (κ3) is 2.96. The van der Waals surface area contributed by atoms with E-state index in [0.29, 0.717) is 5.82 Å². The molecule has 5 nitrogen and oxygen atoms in total. The van der Waals surface area contributed by atoms with Crippen molar-refractivity contribution >= 4 is 0 Å². The second-order valence-electron chi connectivity index (χ2n) is 5.85. The Kier molecular flexibility index (Phi) is 3.67. The van der Waals surface area contributed by atoms with Gasteiger partial charge in [0, 0.05) is 23.2 Å². The van der Waals surface area contributed by atoms with Gasteiger partial charge in [0.15, 0.2) is 5.82 Å². The zero-order chi connectivity index (χ0) is 16.4. The van der Waals surface area contributed by atoms with E-state index in [1.165, 1.54) is 11.1 Å². The molecule has 0 aliphatic heterocycles. The average Bonchev–Trinajstić information content (AvgIpc) is 3.27. The summed E-state index contributed by atoms with van der Waals surface area (Å²) in [6.45, 7) is 2.09. The van der Waals surface area contributed by atoms with Crippen molar-refractivity contribution in [1.29, 1.82) is 0 Å². The number of nitrogens with one attached hydrogen (secondary N) is 2. The number of aromatic amines is 2. The van der Waals surface area contributed by atoms with E-state index in [1.807, 2.05) is 12.1 Å². The molecule has 118 valence electrons. The van der Waals surface area contributed by atoms with E-state index in [1.54, 1.807) is 6.33 Å². The Balaban J connectivity index is 1.57. The standard InChI is InChI=1S/C19H17N5/c1-13-4-2-6-15(8-13)18-11-17(22-23-18)10-14-5-3-7-16(9-14)19-20-12-21-24-19/h2-9,11-12H,10H2,1H3,(H,22,23)(H,20,21,24). The minimum Gasteiger partial charge on any atom is -0.282 e. The molecule has 0 atom stereocenters. The quantitative estimate of drug-likeness (QED) is 0.602. The van der Waals surface area contributed by atoms with Gasteiger partial charge in [0.2, 0.25) is 0 Å². The summed E-state index contributed by atoms with van der Waals surface area (Å²) < 4.78 is 0. The summed E-state index contributed by atoms with van der Waals surface area (Å²) in [7, 11) is 0. The highest BCUT2D eigenvalue weighted by Crippen LogP contribution is 2.21. The third-order valence-electron chi connectivity index (χ3n) is 3.94. The topological polar surface area (TPSA) is 70.2 Å². The first kappa shape index (κ1) is 14.4. The largest absolute Gasteiger partial charge is 0.282 e. The van der Waals surface area contributed by atoms with Gasteiger partial charge in [0.05, 0.1) is 5.69 Å². The molecular weight excluding hydrogens is 298 g/mol. The molecule has 0 radical (unpaired) electrons. The van der Waals surface area contributed by atoms with Crippen molar-refractivity contribution < 1.29 is 0 Å². The van der Waals surface area contributed by atoms with Crippen LogP contribution in [0.4, 0.5) is 0 Å². The summed E-state index contributed by atoms with van der Waals surface area (Å²) in [4.78, 5) is 4.20. The normalized spacial score (nSPS) is 10.9. The maximum Gasteiger partial charge on any atom is 0.180 e. The van der Waals surface area contributed by atoms with Gasteiger partial charge >= 0.3 is 0 Å². The lowest BCUT2D eigenvalue weighted by Crippen LogP contribution is -1.90. The number of aryl methyl sites for hydroxylation is 1. The van der Waals surface area contributed by atoms with Crippen LogP contribution >= 0.6 is 0 Å². The van der Waals surface area contributed by atoms with Gasteiger partial charge < -0.3 is 0 Å². The highest BCUT2D eigenvalue weighted by Gasteiger charge is 2.07. The fourth-order valence-electron chi connectivity index (χ4n) is 2.79. The molecule has 5 heteroatoms. The van der Waals surface area contributed by atoms with Crippen molar-refractivity contribution in [2.24, 2.45) is 0 Å². The fraction of sp³-hybridized carbons (Fsp3) is 0.105. The zero-order valence-corrected chi connectivity index (χ0v) is 13.3. The molecule has 4 aromatic rings. The van der Waals surface area contributed by atoms with Crippen LogP contribution in [-0.4, -0.2) is 25.4 Å². The van der Waals surface area contributed by atoms with Crippen LogP contribution in [0.3, 0.4) is 0 Å². The third-order valence-corrected chi connectivity index (χ3v) is 3.94. The van der Waals surface area contributed by atoms with Crippen molar-refractivity contribution in [2.75, 3.05) is 0 Å². The lowest BCUT2D eigenvalue weighted by atomic mass is 10.0. The van der Waals surface area contributed by atoms with Crippen LogP contribution in [0.2, 0.25) is 0 Å². The van der Waals surface area contributed by atoms with Gasteiger partial charge in [-0.2, -0.15) is 10.2 Å². The number of nitrogens with zero attached hydrogens (tertiary/aromatic N) is 3. The van der Waals surface area contributed by atoms with Crippen LogP contribution in [0.15, 0.2) is 60.9 Å². The Labute approximate surface area is 139 Å². The van der Waals surface area contributed by atoms with E-state index in [9.17, 15) is 0 Å². The molecule has 2 heterocycles. The Hall–Kier alpha value is -3.21. The summed E-state index contributed by atoms with van der Waals surface area (Å²) in [6, 6.07) is 18.7. The highest BCUT2D eigenvalue weighted by molar-refractivity contribution is 5.60. The molecule has 4 rings (SSSR count). The molecule has 24 heavy (non-hydrogen) atoms. The molecule has 0 saturated heterocycles. The predicted octanol–water partition coefficient (Wildman–Crippen LogP) is 3.76. The minimum atomic E-state index is 0.710. The molecule has 2 aromatic heterocycles. The van der Waals surface area contributed by atoms with Crippen molar-refractivity contribution in [3.05, 3.63) is 77.7 Å². The lowest BCUT2D eigenvalue weighted by Gasteiger charge is -2.01. The van der Waals surface area contributed by atoms with Crippen LogP contribution < -0.4 is 0 Å². The molecule has 2 aromatic carbocycles. The fourth-order valence-corrected chi connectivity index (χ4v) is 2.79. The first-order valence-corrected chi connectivity index (χ1v) is 7.84. The number of hydrogen-bond acceptors (Lipinski definition) is 3. The Morgan fingerprint density at radius 1 is 0.917 bits per heavy atom. The number of aromatic nitrogens is 5. The van der Waals surface area contributed by atoms with Gasteiger partial charge in [0.25, 0.3) is 0 Å². The van der Waals surface area contributed by atoms with Crippen LogP contribution in [-0.2, 0) is 6.42 Å². The van der Waals surface area contributed by atoms with Gasteiger partial charge in [-0.15, -0.1) is 0 Å². The number of H-pyrrole nitrogens is 2. The average molecular weight is 315 g/mol. The summed E-state index contributed by atoms with van der Waals surface area (Å²) in [6.07, 6.45) is 2.38. The molecule has 0 saturated carbocycles. The Morgan fingerprint density at radius 2 is 1.79 bits per heavy atom. The summed E-state index contributed by atoms with van der Waals surface area (Å²) in [5.41, 5.74) is 6.62. The van der Waals surface area contributed by atoms with Crippen LogP contribution in [0.25, 0.3) is 22.6 Å². The monoisotopic (exact) mass is 315 g/mol. The van der Waals surface area contributed by atoms with Crippen molar-refractivity contribution in [3.8, 4) is 22.6 Å². The molecule has 0 aliphatic rings. The van der Waals surface area contributed by atoms with E-state index in [-0.39, 0.29) is 0 Å². The number of hydrogen-bond donors (Lipinski definition) is 2. The minimum absolute atomic E-state index is 0.710. The summed E-state index contributed by atoms with van der Waals surface area (Å²) >= 11 is 0. The second-order valence-corrected chi connectivity index (χ2v) is 5.85. The van der Waals surface area contributed by atoms with Crippen LogP contribution in [0, 0.1) is 6.92 Å². The van der Waals surface area contributed by atoms with E-state index in [4.69, 9.17) is 0 Å². The van der Waals surface area contributed by atoms with Gasteiger partial charge in [-0.25, -0.2) is 4.98 Å². The summed E-state index contributed by atoms with van der Waals surface area (Å²) in [5.74, 6) is 0.710. The van der Waals surface area contributed by atoms with Gasteiger partial charge in [-0.3, -0.25) is 10.2 Å². The van der Waals surface area contributed by atoms with E-state index in [0.717, 1.165) is 28.9 Å². The molecule has 0 aliphatic carbocycles. The molecule has 0 spiro atoms. The number of benzene rings is 2. The van der Waals surface area contributed by atoms with E-state index in [2.05, 4.69) is 74.8 Å². The highest BCUT2D eigenvalue weighted by atomic mass is 15.2. The second kappa shape index (κ2) is 6.12. The van der Waals surface area contributed by atoms with Crippen LogP contribution in [0.1, 0.15) is 16.8 Å². The van der Waals surface area contributed by atoms with Crippen molar-refractivity contribution in [1.82, 2.24) is 25.4 Å². The SMILES string of the molecule is Cc1cccc(-c2cc(Cc3cccc(-c4nc[nH]n4)c3)[nH]n2)c1. The summed E-state index contributed by atoms with van der Waals surface area (Å²) in [5, 5.41) is 14.5. The van der Waals surface area contributed by atoms with Crippen molar-refractivity contribution in [3.63, 3.8) is 0 Å². The van der Waals surface area contributed by atoms with E-state index < -0.39 is 0 Å². The first-order chi connectivity index (χ1) is 11.8.